The van der Waals surface area contributed by atoms with Gasteiger partial charge in [0.25, 0.3) is 5.56 Å². The van der Waals surface area contributed by atoms with Crippen LogP contribution in [0.5, 0.6) is 0 Å². The van der Waals surface area contributed by atoms with Gasteiger partial charge in [0.15, 0.2) is 35.9 Å². The van der Waals surface area contributed by atoms with Crippen LogP contribution in [0.4, 0.5) is 4.39 Å². The van der Waals surface area contributed by atoms with Crippen LogP contribution in [0.2, 0.25) is 0 Å². The van der Waals surface area contributed by atoms with Crippen molar-refractivity contribution >= 4 is 18.8 Å². The van der Waals surface area contributed by atoms with Crippen LogP contribution in [0.3, 0.4) is 0 Å². The van der Waals surface area contributed by atoms with Crippen LogP contribution < -0.4 is 5.56 Å². The molecule has 118 valence electrons. The zero-order valence-corrected chi connectivity index (χ0v) is 11.7. The van der Waals surface area contributed by atoms with Crippen molar-refractivity contribution in [2.24, 2.45) is 0 Å². The predicted octanol–water partition coefficient (Wildman–Crippen LogP) is -0.0203. The van der Waals surface area contributed by atoms with E-state index in [0.717, 1.165) is 12.4 Å². The number of nitrogens with one attached hydrogen (secondary N) is 1. The maximum Gasteiger partial charge on any atom is 0.351 e. The van der Waals surface area contributed by atoms with Crippen LogP contribution in [-0.2, 0) is 14.0 Å². The van der Waals surface area contributed by atoms with Crippen molar-refractivity contribution in [1.82, 2.24) is 19.5 Å². The summed E-state index contributed by atoms with van der Waals surface area (Å²) in [5, 5.41) is 0. The van der Waals surface area contributed by atoms with E-state index in [1.807, 2.05) is 0 Å². The van der Waals surface area contributed by atoms with Gasteiger partial charge in [0.2, 0.25) is 0 Å². The number of nitrogens with zero attached hydrogens (tertiary/aromatic N) is 3. The van der Waals surface area contributed by atoms with Crippen LogP contribution in [0.1, 0.15) is 6.23 Å². The van der Waals surface area contributed by atoms with E-state index in [4.69, 9.17) is 19.3 Å². The Morgan fingerprint density at radius 3 is 3.00 bits per heavy atom. The lowest BCUT2D eigenvalue weighted by Gasteiger charge is -2.16. The van der Waals surface area contributed by atoms with Crippen molar-refractivity contribution in [1.29, 1.82) is 0 Å². The van der Waals surface area contributed by atoms with Gasteiger partial charge >= 0.3 is 7.60 Å². The predicted molar refractivity (Wildman–Crippen MR) is 69.2 cm³/mol. The van der Waals surface area contributed by atoms with E-state index >= 15 is 0 Å². The van der Waals surface area contributed by atoms with E-state index in [1.165, 1.54) is 10.9 Å². The Balaban J connectivity index is 1.84. The van der Waals surface area contributed by atoms with E-state index in [9.17, 15) is 13.8 Å². The second-order valence-corrected chi connectivity index (χ2v) is 6.01. The average Bonchev–Trinajstić information content (AvgIpc) is 3.00. The number of fused-ring (bicyclic) bond motifs is 1. The second kappa shape index (κ2) is 5.38. The fourth-order valence-electron chi connectivity index (χ4n) is 1.93. The molecule has 22 heavy (non-hydrogen) atoms. The molecule has 0 radical (unpaired) electrons. The molecular formula is C10H10FN4O6P. The number of ether oxygens (including phenoxy) is 2. The van der Waals surface area contributed by atoms with Crippen molar-refractivity contribution in [3.63, 3.8) is 0 Å². The maximum atomic E-state index is 13.9. The minimum atomic E-state index is -4.39. The van der Waals surface area contributed by atoms with Gasteiger partial charge in [-0.15, -0.1) is 0 Å². The molecular weight excluding hydrogens is 322 g/mol. The van der Waals surface area contributed by atoms with Gasteiger partial charge in [-0.3, -0.25) is 13.9 Å². The summed E-state index contributed by atoms with van der Waals surface area (Å²) in [4.78, 5) is 39.0. The Hall–Kier alpha value is -1.91. The average molecular weight is 332 g/mol. The molecule has 1 aliphatic rings. The summed E-state index contributed by atoms with van der Waals surface area (Å²) in [6, 6.07) is 0. The van der Waals surface area contributed by atoms with Crippen molar-refractivity contribution in [3.8, 4) is 0 Å². The Kier molecular flexibility index (Phi) is 3.67. The summed E-state index contributed by atoms with van der Waals surface area (Å²) >= 11 is 0. The first-order chi connectivity index (χ1) is 10.3. The lowest BCUT2D eigenvalue weighted by molar-refractivity contribution is -0.130. The van der Waals surface area contributed by atoms with Crippen molar-refractivity contribution in [2.45, 2.75) is 12.5 Å². The minimum Gasteiger partial charge on any atom is -0.336 e. The van der Waals surface area contributed by atoms with E-state index in [0.29, 0.717) is 0 Å². The topological polar surface area (TPSA) is 140 Å². The van der Waals surface area contributed by atoms with E-state index in [-0.39, 0.29) is 11.2 Å². The third-order valence-corrected chi connectivity index (χ3v) is 3.30. The van der Waals surface area contributed by atoms with Gasteiger partial charge in [0, 0.05) is 6.08 Å². The molecule has 0 unspecified atom stereocenters. The van der Waals surface area contributed by atoms with Crippen LogP contribution in [0.25, 0.3) is 11.2 Å². The first-order valence-corrected chi connectivity index (χ1v) is 7.74. The largest absolute Gasteiger partial charge is 0.351 e. The van der Waals surface area contributed by atoms with E-state index in [1.54, 1.807) is 0 Å². The fraction of sp³-hybridized carbons (Fsp3) is 0.300. The molecule has 3 N–H and O–H groups in total. The number of hydrogen-bond donors (Lipinski definition) is 3. The number of imidazole rings is 1. The molecule has 2 aromatic rings. The third-order valence-electron chi connectivity index (χ3n) is 2.82. The molecule has 12 heteroatoms. The van der Waals surface area contributed by atoms with Gasteiger partial charge < -0.3 is 24.2 Å². The molecule has 2 aromatic heterocycles. The number of halogens is 1. The molecule has 0 fully saturated rings. The van der Waals surface area contributed by atoms with Crippen LogP contribution in [0.15, 0.2) is 29.4 Å². The molecule has 2 atom stereocenters. The summed E-state index contributed by atoms with van der Waals surface area (Å²) in [6.07, 6.45) is -0.202. The molecule has 0 saturated carbocycles. The highest BCUT2D eigenvalue weighted by atomic mass is 31.2. The number of rotatable bonds is 4. The van der Waals surface area contributed by atoms with Gasteiger partial charge in [-0.25, -0.2) is 14.4 Å². The highest BCUT2D eigenvalue weighted by Gasteiger charge is 2.32. The lowest BCUT2D eigenvalue weighted by atomic mass is 10.4. The SMILES string of the molecule is O=c1[nH]cnc2c1ncn2[C@@H]1O[C@H](OCP(=O)(O)O)C=C1F. The van der Waals surface area contributed by atoms with Crippen molar-refractivity contribution < 1.29 is 28.2 Å². The first-order valence-electron chi connectivity index (χ1n) is 5.94. The second-order valence-electron chi connectivity index (χ2n) is 4.42. The highest BCUT2D eigenvalue weighted by molar-refractivity contribution is 7.51. The molecule has 1 aliphatic heterocycles. The summed E-state index contributed by atoms with van der Waals surface area (Å²) in [7, 11) is -4.39. The molecule has 0 bridgehead atoms. The number of aromatic amines is 1. The van der Waals surface area contributed by atoms with Gasteiger partial charge in [-0.1, -0.05) is 0 Å². The molecule has 0 aromatic carbocycles. The van der Waals surface area contributed by atoms with Crippen molar-refractivity contribution in [2.75, 3.05) is 6.35 Å². The summed E-state index contributed by atoms with van der Waals surface area (Å²) < 4.78 is 35.8. The fourth-order valence-corrected chi connectivity index (χ4v) is 2.28. The lowest BCUT2D eigenvalue weighted by Crippen LogP contribution is -2.17. The molecule has 0 spiro atoms. The molecule has 3 rings (SSSR count). The first kappa shape index (κ1) is 15.0. The number of H-pyrrole nitrogens is 1. The minimum absolute atomic E-state index is 0.0125. The van der Waals surface area contributed by atoms with Crippen LogP contribution >= 0.6 is 7.60 Å². The Morgan fingerprint density at radius 1 is 1.50 bits per heavy atom. The third kappa shape index (κ3) is 2.85. The molecule has 0 aliphatic carbocycles. The summed E-state index contributed by atoms with van der Waals surface area (Å²) in [5.74, 6) is -0.753. The van der Waals surface area contributed by atoms with E-state index < -0.39 is 37.8 Å². The zero-order chi connectivity index (χ0) is 15.9. The van der Waals surface area contributed by atoms with Gasteiger partial charge in [-0.2, -0.15) is 0 Å². The van der Waals surface area contributed by atoms with Gasteiger partial charge in [0.05, 0.1) is 12.7 Å². The standard InChI is InChI=1S/C10H10FN4O6P/c11-5-1-6(20-4-22(17,18)19)21-10(5)15-3-14-7-8(15)12-2-13-9(7)16/h1-3,6,10H,4H2,(H,12,13,16)(H2,17,18,19)/t6-,10+/m0/s1. The Morgan fingerprint density at radius 2 is 2.27 bits per heavy atom. The Bertz CT molecular complexity index is 841. The van der Waals surface area contributed by atoms with Crippen molar-refractivity contribution in [3.05, 3.63) is 34.9 Å². The van der Waals surface area contributed by atoms with E-state index in [2.05, 4.69) is 15.0 Å². The maximum absolute atomic E-state index is 13.9. The van der Waals surface area contributed by atoms with Crippen LogP contribution in [-0.4, -0.2) is 41.9 Å². The normalized spacial score (nSPS) is 22.2. The number of hydrogen-bond acceptors (Lipinski definition) is 6. The highest BCUT2D eigenvalue weighted by Crippen LogP contribution is 2.37. The van der Waals surface area contributed by atoms with Gasteiger partial charge in [-0.05, 0) is 0 Å². The monoisotopic (exact) mass is 332 g/mol. The summed E-state index contributed by atoms with van der Waals surface area (Å²) in [5.41, 5.74) is -0.369. The Labute approximate surface area is 121 Å². The quantitative estimate of drug-likeness (QED) is 0.664. The molecule has 0 saturated heterocycles. The molecule has 10 nitrogen and oxygen atoms in total. The molecule has 0 amide bonds. The molecule has 3 heterocycles. The van der Waals surface area contributed by atoms with Crippen LogP contribution in [0, 0.1) is 0 Å². The smallest absolute Gasteiger partial charge is 0.336 e. The summed E-state index contributed by atoms with van der Waals surface area (Å²) in [6.45, 7) is 0. The van der Waals surface area contributed by atoms with Gasteiger partial charge in [0.1, 0.15) is 0 Å². The zero-order valence-electron chi connectivity index (χ0n) is 10.8. The number of aromatic nitrogens is 4.